The minimum Gasteiger partial charge on any atom is -0.493 e. The Balaban J connectivity index is 2.04. The van der Waals surface area contributed by atoms with Crippen molar-refractivity contribution in [1.29, 1.82) is 0 Å². The molecule has 0 unspecified atom stereocenters. The zero-order valence-corrected chi connectivity index (χ0v) is 19.8. The summed E-state index contributed by atoms with van der Waals surface area (Å²) in [6, 6.07) is 12.1. The molecule has 2 aromatic rings. The molecule has 0 radical (unpaired) electrons. The van der Waals surface area contributed by atoms with Gasteiger partial charge in [0.05, 0.1) is 31.4 Å². The van der Waals surface area contributed by atoms with Gasteiger partial charge in [0.1, 0.15) is 6.17 Å². The molecule has 2 rings (SSSR count). The van der Waals surface area contributed by atoms with Crippen molar-refractivity contribution in [2.24, 2.45) is 0 Å². The van der Waals surface area contributed by atoms with Crippen molar-refractivity contribution in [1.82, 2.24) is 10.6 Å². The molecule has 1 amide bonds. The van der Waals surface area contributed by atoms with E-state index >= 15 is 0 Å². The molecule has 0 spiro atoms. The van der Waals surface area contributed by atoms with E-state index in [1.807, 2.05) is 0 Å². The Morgan fingerprint density at radius 3 is 2.33 bits per heavy atom. The molecule has 11 heteroatoms. The first-order valence-electron chi connectivity index (χ1n) is 8.53. The van der Waals surface area contributed by atoms with Crippen LogP contribution in [0.1, 0.15) is 5.56 Å². The minimum atomic E-state index is -1.88. The maximum Gasteiger partial charge on any atom is 0.228 e. The van der Waals surface area contributed by atoms with Crippen LogP contribution in [0.25, 0.3) is 0 Å². The van der Waals surface area contributed by atoms with Crippen LogP contribution >= 0.6 is 58.6 Å². The number of alkyl halides is 3. The molecule has 3 N–H and O–H groups in total. The summed E-state index contributed by atoms with van der Waals surface area (Å²) >= 11 is 29.4. The van der Waals surface area contributed by atoms with Crippen molar-refractivity contribution >= 4 is 75.3 Å². The minimum absolute atomic E-state index is 0.0178. The fraction of sp³-hybridized carbons (Fsp3) is 0.263. The van der Waals surface area contributed by atoms with Crippen LogP contribution < -0.4 is 25.4 Å². The van der Waals surface area contributed by atoms with Crippen LogP contribution in [-0.2, 0) is 11.2 Å². The fourth-order valence-corrected chi connectivity index (χ4v) is 3.18. The molecule has 1 atom stereocenters. The van der Waals surface area contributed by atoms with Crippen LogP contribution in [-0.4, -0.2) is 35.2 Å². The van der Waals surface area contributed by atoms with E-state index in [1.54, 1.807) is 42.5 Å². The number of nitrogens with one attached hydrogen (secondary N) is 3. The maximum absolute atomic E-state index is 12.5. The van der Waals surface area contributed by atoms with Gasteiger partial charge < -0.3 is 25.4 Å². The molecule has 162 valence electrons. The van der Waals surface area contributed by atoms with Gasteiger partial charge in [-0.25, -0.2) is 0 Å². The van der Waals surface area contributed by atoms with Gasteiger partial charge in [-0.2, -0.15) is 0 Å². The number of amides is 1. The average Bonchev–Trinajstić information content (AvgIpc) is 2.68. The number of carbonyl (C=O) groups is 1. The van der Waals surface area contributed by atoms with Gasteiger partial charge in [0, 0.05) is 0 Å². The summed E-state index contributed by atoms with van der Waals surface area (Å²) in [5.41, 5.74) is 1.25. The first kappa shape index (κ1) is 24.6. The Kier molecular flexibility index (Phi) is 9.12. The Morgan fingerprint density at radius 2 is 1.73 bits per heavy atom. The third-order valence-electron chi connectivity index (χ3n) is 3.84. The number of hydrogen-bond acceptors (Lipinski definition) is 4. The van der Waals surface area contributed by atoms with Crippen molar-refractivity contribution in [2.75, 3.05) is 19.5 Å². The monoisotopic (exact) mass is 509 g/mol. The summed E-state index contributed by atoms with van der Waals surface area (Å²) in [6.45, 7) is 0. The van der Waals surface area contributed by atoms with Gasteiger partial charge in [-0.3, -0.25) is 4.79 Å². The van der Waals surface area contributed by atoms with Crippen molar-refractivity contribution < 1.29 is 14.3 Å². The average molecular weight is 511 g/mol. The van der Waals surface area contributed by atoms with Crippen LogP contribution in [0.3, 0.4) is 0 Å². The lowest BCUT2D eigenvalue weighted by Crippen LogP contribution is -2.56. The zero-order valence-electron chi connectivity index (χ0n) is 16.0. The molecule has 0 aliphatic rings. The first-order chi connectivity index (χ1) is 14.1. The number of methoxy groups -OCH3 is 2. The number of hydrogen-bond donors (Lipinski definition) is 3. The molecule has 0 saturated carbocycles. The van der Waals surface area contributed by atoms with E-state index in [0.717, 1.165) is 0 Å². The Bertz CT molecular complexity index is 909. The Labute approximate surface area is 200 Å². The predicted octanol–water partition coefficient (Wildman–Crippen LogP) is 4.70. The molecule has 30 heavy (non-hydrogen) atoms. The topological polar surface area (TPSA) is 71.6 Å². The third-order valence-corrected chi connectivity index (χ3v) is 5.05. The van der Waals surface area contributed by atoms with Crippen LogP contribution in [0, 0.1) is 0 Å². The Morgan fingerprint density at radius 1 is 1.07 bits per heavy atom. The number of benzene rings is 2. The molecule has 0 bridgehead atoms. The van der Waals surface area contributed by atoms with E-state index in [9.17, 15) is 4.79 Å². The molecule has 0 aliphatic heterocycles. The highest BCUT2D eigenvalue weighted by atomic mass is 35.6. The summed E-state index contributed by atoms with van der Waals surface area (Å²) < 4.78 is 8.56. The van der Waals surface area contributed by atoms with Gasteiger partial charge in [0.15, 0.2) is 16.6 Å². The lowest BCUT2D eigenvalue weighted by atomic mass is 10.1. The second kappa shape index (κ2) is 11.1. The van der Waals surface area contributed by atoms with Crippen LogP contribution in [0.15, 0.2) is 42.5 Å². The SMILES string of the molecule is COc1ccc(CC(=O)N[C@@H](NC(=S)Nc2ccccc2Cl)C(Cl)(Cl)Cl)cc1OC. The molecular weight excluding hydrogens is 492 g/mol. The van der Waals surface area contributed by atoms with E-state index in [4.69, 9.17) is 68.1 Å². The lowest BCUT2D eigenvalue weighted by Gasteiger charge is -2.28. The highest BCUT2D eigenvalue weighted by Crippen LogP contribution is 2.30. The van der Waals surface area contributed by atoms with E-state index < -0.39 is 15.9 Å². The summed E-state index contributed by atoms with van der Waals surface area (Å²) in [7, 11) is 3.04. The molecule has 0 saturated heterocycles. The number of para-hydroxylation sites is 1. The fourth-order valence-electron chi connectivity index (χ4n) is 2.44. The van der Waals surface area contributed by atoms with Crippen molar-refractivity contribution in [3.05, 3.63) is 53.1 Å². The van der Waals surface area contributed by atoms with Gasteiger partial charge in [-0.15, -0.1) is 0 Å². The second-order valence-electron chi connectivity index (χ2n) is 5.99. The molecule has 0 heterocycles. The van der Waals surface area contributed by atoms with Crippen molar-refractivity contribution in [2.45, 2.75) is 16.4 Å². The van der Waals surface area contributed by atoms with E-state index in [0.29, 0.717) is 27.8 Å². The highest BCUT2D eigenvalue weighted by molar-refractivity contribution is 7.80. The number of anilines is 1. The largest absolute Gasteiger partial charge is 0.493 e. The van der Waals surface area contributed by atoms with E-state index in [1.165, 1.54) is 14.2 Å². The van der Waals surface area contributed by atoms with Gasteiger partial charge in [-0.05, 0) is 42.0 Å². The summed E-state index contributed by atoms with van der Waals surface area (Å²) in [5, 5.41) is 8.88. The standard InChI is InChI=1S/C19H19Cl4N3O3S/c1-28-14-8-7-11(9-15(14)29-2)10-16(27)25-17(19(21,22)23)26-18(30)24-13-6-4-3-5-12(13)20/h3-9,17H,10H2,1-2H3,(H,25,27)(H2,24,26,30)/t17-/m0/s1. The van der Waals surface area contributed by atoms with E-state index in [2.05, 4.69) is 16.0 Å². The number of halogens is 4. The van der Waals surface area contributed by atoms with Gasteiger partial charge in [0.25, 0.3) is 0 Å². The quantitative estimate of drug-likeness (QED) is 0.285. The first-order valence-corrected chi connectivity index (χ1v) is 10.4. The van der Waals surface area contributed by atoms with Crippen LogP contribution in [0.4, 0.5) is 5.69 Å². The number of carbonyl (C=O) groups excluding carboxylic acids is 1. The Hall–Kier alpha value is -1.64. The third kappa shape index (κ3) is 7.25. The zero-order chi connectivity index (χ0) is 22.3. The molecule has 2 aromatic carbocycles. The van der Waals surface area contributed by atoms with Crippen LogP contribution in [0.5, 0.6) is 11.5 Å². The maximum atomic E-state index is 12.5. The smallest absolute Gasteiger partial charge is 0.228 e. The molecule has 6 nitrogen and oxygen atoms in total. The number of ether oxygens (including phenoxy) is 2. The van der Waals surface area contributed by atoms with Crippen LogP contribution in [0.2, 0.25) is 5.02 Å². The highest BCUT2D eigenvalue weighted by Gasteiger charge is 2.34. The molecular formula is C19H19Cl4N3O3S. The molecule has 0 fully saturated rings. The summed E-state index contributed by atoms with van der Waals surface area (Å²) in [6.07, 6.45) is -1.08. The summed E-state index contributed by atoms with van der Waals surface area (Å²) in [4.78, 5) is 12.5. The second-order valence-corrected chi connectivity index (χ2v) is 9.17. The van der Waals surface area contributed by atoms with Crippen molar-refractivity contribution in [3.63, 3.8) is 0 Å². The summed E-state index contributed by atoms with van der Waals surface area (Å²) in [5.74, 6) is 0.661. The number of thiocarbonyl (C=S) groups is 1. The predicted molar refractivity (Wildman–Crippen MR) is 126 cm³/mol. The molecule has 0 aliphatic carbocycles. The normalized spacial score (nSPS) is 11.9. The van der Waals surface area contributed by atoms with Gasteiger partial charge in [-0.1, -0.05) is 64.6 Å². The van der Waals surface area contributed by atoms with Gasteiger partial charge >= 0.3 is 0 Å². The lowest BCUT2D eigenvalue weighted by molar-refractivity contribution is -0.121. The molecule has 0 aromatic heterocycles. The van der Waals surface area contributed by atoms with Gasteiger partial charge in [0.2, 0.25) is 9.70 Å². The van der Waals surface area contributed by atoms with Crippen molar-refractivity contribution in [3.8, 4) is 11.5 Å². The number of rotatable bonds is 7. The van der Waals surface area contributed by atoms with E-state index in [-0.39, 0.29) is 11.5 Å².